The number of nitrogens with one attached hydrogen (secondary N) is 2. The van der Waals surface area contributed by atoms with E-state index in [-0.39, 0.29) is 18.3 Å². The summed E-state index contributed by atoms with van der Waals surface area (Å²) in [6.07, 6.45) is 3.15. The molecule has 3 amide bonds. The number of amides is 3. The highest BCUT2D eigenvalue weighted by Crippen LogP contribution is 2.24. The minimum absolute atomic E-state index is 0.124. The Labute approximate surface area is 240 Å². The van der Waals surface area contributed by atoms with E-state index in [1.165, 1.54) is 17.0 Å². The summed E-state index contributed by atoms with van der Waals surface area (Å²) in [7, 11) is 1.60. The molecule has 4 rings (SSSR count). The van der Waals surface area contributed by atoms with E-state index in [9.17, 15) is 14.0 Å². The fourth-order valence-corrected chi connectivity index (χ4v) is 4.66. The number of rotatable bonds is 14. The SMILES string of the molecule is CCOc1ccccc1NC(=O)N(CCCOC)CC(=O)N(CCc1c[nH]c2ccccc12)Cc1ccc(F)cc1. The first-order valence-electron chi connectivity index (χ1n) is 13.8. The molecule has 1 aromatic heterocycles. The molecule has 0 unspecified atom stereocenters. The number of benzene rings is 3. The maximum Gasteiger partial charge on any atom is 0.322 e. The number of carbonyl (C=O) groups excluding carboxylic acids is 2. The predicted octanol–water partition coefficient (Wildman–Crippen LogP) is 5.85. The minimum atomic E-state index is -0.403. The van der Waals surface area contributed by atoms with Crippen molar-refractivity contribution in [2.24, 2.45) is 0 Å². The molecule has 4 aromatic rings. The van der Waals surface area contributed by atoms with Gasteiger partial charge < -0.3 is 29.6 Å². The van der Waals surface area contributed by atoms with Crippen molar-refractivity contribution in [3.63, 3.8) is 0 Å². The summed E-state index contributed by atoms with van der Waals surface area (Å²) < 4.78 is 24.4. The number of anilines is 1. The summed E-state index contributed by atoms with van der Waals surface area (Å²) in [5, 5.41) is 4.01. The number of fused-ring (bicyclic) bond motifs is 1. The second-order valence-corrected chi connectivity index (χ2v) is 9.68. The molecular weight excluding hydrogens is 523 g/mol. The molecule has 216 valence electrons. The average Bonchev–Trinajstić information content (AvgIpc) is 3.40. The molecule has 2 N–H and O–H groups in total. The van der Waals surface area contributed by atoms with Gasteiger partial charge in [0.1, 0.15) is 18.1 Å². The fraction of sp³-hybridized carbons (Fsp3) is 0.312. The zero-order valence-electron chi connectivity index (χ0n) is 23.6. The predicted molar refractivity (Wildman–Crippen MR) is 159 cm³/mol. The Morgan fingerprint density at radius 3 is 2.49 bits per heavy atom. The lowest BCUT2D eigenvalue weighted by atomic mass is 10.1. The molecule has 0 bridgehead atoms. The maximum absolute atomic E-state index is 13.8. The van der Waals surface area contributed by atoms with Crippen LogP contribution < -0.4 is 10.1 Å². The third kappa shape index (κ3) is 8.31. The van der Waals surface area contributed by atoms with Gasteiger partial charge in [-0.2, -0.15) is 0 Å². The topological polar surface area (TPSA) is 86.9 Å². The smallest absolute Gasteiger partial charge is 0.322 e. The molecule has 0 fully saturated rings. The molecule has 0 atom stereocenters. The second-order valence-electron chi connectivity index (χ2n) is 9.68. The maximum atomic E-state index is 13.8. The molecule has 0 radical (unpaired) electrons. The quantitative estimate of drug-likeness (QED) is 0.190. The summed E-state index contributed by atoms with van der Waals surface area (Å²) in [5.41, 5.74) is 3.47. The third-order valence-corrected chi connectivity index (χ3v) is 6.78. The molecule has 0 aliphatic carbocycles. The van der Waals surface area contributed by atoms with Crippen LogP contribution in [-0.4, -0.2) is 66.7 Å². The van der Waals surface area contributed by atoms with Crippen LogP contribution >= 0.6 is 0 Å². The van der Waals surface area contributed by atoms with E-state index in [1.807, 2.05) is 43.5 Å². The van der Waals surface area contributed by atoms with Gasteiger partial charge in [0.05, 0.1) is 12.3 Å². The molecule has 1 heterocycles. The van der Waals surface area contributed by atoms with Gasteiger partial charge in [-0.1, -0.05) is 42.5 Å². The molecule has 0 aliphatic rings. The van der Waals surface area contributed by atoms with E-state index >= 15 is 0 Å². The van der Waals surface area contributed by atoms with Crippen molar-refractivity contribution in [1.82, 2.24) is 14.8 Å². The summed E-state index contributed by atoms with van der Waals surface area (Å²) >= 11 is 0. The highest BCUT2D eigenvalue weighted by atomic mass is 19.1. The highest BCUT2D eigenvalue weighted by molar-refractivity contribution is 5.93. The van der Waals surface area contributed by atoms with Crippen molar-refractivity contribution in [2.45, 2.75) is 26.3 Å². The van der Waals surface area contributed by atoms with Gasteiger partial charge in [0.25, 0.3) is 0 Å². The number of aromatic amines is 1. The zero-order chi connectivity index (χ0) is 29.0. The third-order valence-electron chi connectivity index (χ3n) is 6.78. The van der Waals surface area contributed by atoms with Gasteiger partial charge in [0.2, 0.25) is 5.91 Å². The second kappa shape index (κ2) is 14.9. The number of para-hydroxylation sites is 3. The van der Waals surface area contributed by atoms with Gasteiger partial charge >= 0.3 is 6.03 Å². The van der Waals surface area contributed by atoms with E-state index in [0.717, 1.165) is 22.0 Å². The molecule has 0 saturated heterocycles. The van der Waals surface area contributed by atoms with Gasteiger partial charge in [-0.05, 0) is 61.2 Å². The van der Waals surface area contributed by atoms with Crippen molar-refractivity contribution in [2.75, 3.05) is 45.3 Å². The summed E-state index contributed by atoms with van der Waals surface area (Å²) in [4.78, 5) is 33.7. The first-order chi connectivity index (χ1) is 20.0. The van der Waals surface area contributed by atoms with E-state index in [0.29, 0.717) is 57.1 Å². The Morgan fingerprint density at radius 2 is 1.71 bits per heavy atom. The first-order valence-corrected chi connectivity index (χ1v) is 13.8. The van der Waals surface area contributed by atoms with Crippen molar-refractivity contribution in [1.29, 1.82) is 0 Å². The molecule has 0 saturated carbocycles. The van der Waals surface area contributed by atoms with Gasteiger partial charge in [-0.25, -0.2) is 9.18 Å². The Balaban J connectivity index is 1.52. The highest BCUT2D eigenvalue weighted by Gasteiger charge is 2.23. The molecular formula is C32H37FN4O4. The van der Waals surface area contributed by atoms with E-state index < -0.39 is 6.03 Å². The summed E-state index contributed by atoms with van der Waals surface area (Å²) in [6.45, 7) is 3.71. The van der Waals surface area contributed by atoms with Crippen LogP contribution in [0.5, 0.6) is 5.75 Å². The molecule has 0 aliphatic heterocycles. The lowest BCUT2D eigenvalue weighted by molar-refractivity contribution is -0.132. The lowest BCUT2D eigenvalue weighted by Crippen LogP contribution is -2.45. The molecule has 3 aromatic carbocycles. The number of ether oxygens (including phenoxy) is 2. The van der Waals surface area contributed by atoms with Crippen LogP contribution in [0.15, 0.2) is 79.0 Å². The van der Waals surface area contributed by atoms with Gasteiger partial charge in [-0.3, -0.25) is 4.79 Å². The molecule has 0 spiro atoms. The van der Waals surface area contributed by atoms with Crippen LogP contribution in [0.1, 0.15) is 24.5 Å². The number of aromatic nitrogens is 1. The normalized spacial score (nSPS) is 10.9. The minimum Gasteiger partial charge on any atom is -0.492 e. The lowest BCUT2D eigenvalue weighted by Gasteiger charge is -2.28. The summed E-state index contributed by atoms with van der Waals surface area (Å²) in [6, 6.07) is 20.9. The monoisotopic (exact) mass is 560 g/mol. The number of carbonyl (C=O) groups is 2. The standard InChI is InChI=1S/C32H37FN4O4/c1-3-41-30-12-7-6-11-29(30)35-32(39)37(18-8-20-40-2)23-31(38)36(22-24-13-15-26(33)16-14-24)19-17-25-21-34-28-10-5-4-9-27(25)28/h4-7,9-16,21,34H,3,8,17-20,22-23H2,1-2H3,(H,35,39). The van der Waals surface area contributed by atoms with Crippen LogP contribution in [0.2, 0.25) is 0 Å². The Hall–Kier alpha value is -4.37. The molecule has 8 nitrogen and oxygen atoms in total. The van der Waals surface area contributed by atoms with E-state index in [1.54, 1.807) is 36.3 Å². The Bertz CT molecular complexity index is 1420. The Morgan fingerprint density at radius 1 is 0.951 bits per heavy atom. The van der Waals surface area contributed by atoms with Crippen LogP contribution in [0.4, 0.5) is 14.9 Å². The van der Waals surface area contributed by atoms with Crippen molar-refractivity contribution in [3.8, 4) is 5.75 Å². The number of urea groups is 1. The van der Waals surface area contributed by atoms with E-state index in [2.05, 4.69) is 16.4 Å². The van der Waals surface area contributed by atoms with Gasteiger partial charge in [0, 0.05) is 50.5 Å². The number of nitrogens with zero attached hydrogens (tertiary/aromatic N) is 2. The Kier molecular flexibility index (Phi) is 10.7. The van der Waals surface area contributed by atoms with Crippen molar-refractivity contribution in [3.05, 3.63) is 95.9 Å². The zero-order valence-corrected chi connectivity index (χ0v) is 23.6. The fourth-order valence-electron chi connectivity index (χ4n) is 4.66. The van der Waals surface area contributed by atoms with Crippen molar-refractivity contribution < 1.29 is 23.5 Å². The number of hydrogen-bond acceptors (Lipinski definition) is 4. The number of H-pyrrole nitrogens is 1. The van der Waals surface area contributed by atoms with Crippen molar-refractivity contribution >= 4 is 28.5 Å². The van der Waals surface area contributed by atoms with Crippen LogP contribution in [-0.2, 0) is 22.5 Å². The number of halogens is 1. The van der Waals surface area contributed by atoms with Gasteiger partial charge in [-0.15, -0.1) is 0 Å². The summed E-state index contributed by atoms with van der Waals surface area (Å²) in [5.74, 6) is 0.0155. The van der Waals surface area contributed by atoms with Gasteiger partial charge in [0.15, 0.2) is 0 Å². The van der Waals surface area contributed by atoms with E-state index in [4.69, 9.17) is 9.47 Å². The van der Waals surface area contributed by atoms with Crippen LogP contribution in [0, 0.1) is 5.82 Å². The molecule has 9 heteroatoms. The largest absolute Gasteiger partial charge is 0.492 e. The number of methoxy groups -OCH3 is 1. The number of hydrogen-bond donors (Lipinski definition) is 2. The molecule has 41 heavy (non-hydrogen) atoms. The average molecular weight is 561 g/mol. The van der Waals surface area contributed by atoms with Crippen LogP contribution in [0.25, 0.3) is 10.9 Å². The van der Waals surface area contributed by atoms with Crippen LogP contribution in [0.3, 0.4) is 0 Å². The first kappa shape index (κ1) is 29.6.